The molecule has 1 atom stereocenters. The highest BCUT2D eigenvalue weighted by molar-refractivity contribution is 6.00. The number of aromatic amines is 1. The van der Waals surface area contributed by atoms with Crippen molar-refractivity contribution in [3.05, 3.63) is 18.2 Å². The van der Waals surface area contributed by atoms with E-state index in [-0.39, 0.29) is 17.9 Å². The third kappa shape index (κ3) is 2.41. The Balaban J connectivity index is 1.85. The van der Waals surface area contributed by atoms with E-state index in [1.165, 1.54) is 0 Å². The van der Waals surface area contributed by atoms with Gasteiger partial charge < -0.3 is 4.98 Å². The summed E-state index contributed by atoms with van der Waals surface area (Å²) in [6.07, 6.45) is 4.32. The van der Waals surface area contributed by atoms with Crippen LogP contribution in [0.25, 0.3) is 0 Å². The number of carbonyl (C=O) groups is 2. The van der Waals surface area contributed by atoms with E-state index in [2.05, 4.69) is 20.6 Å². The Kier molecular flexibility index (Phi) is 2.77. The third-order valence-electron chi connectivity index (χ3n) is 2.31. The van der Waals surface area contributed by atoms with Gasteiger partial charge in [0, 0.05) is 18.8 Å². The van der Waals surface area contributed by atoms with Gasteiger partial charge in [0.25, 0.3) is 0 Å². The summed E-state index contributed by atoms with van der Waals surface area (Å²) in [5.41, 5.74) is 0. The van der Waals surface area contributed by atoms with E-state index in [0.29, 0.717) is 19.4 Å². The molecule has 0 bridgehead atoms. The maximum Gasteiger partial charge on any atom is 0.243 e. The zero-order valence-corrected chi connectivity index (χ0v) is 8.12. The summed E-state index contributed by atoms with van der Waals surface area (Å²) in [7, 11) is 0. The van der Waals surface area contributed by atoms with E-state index in [4.69, 9.17) is 0 Å². The molecule has 0 aliphatic carbocycles. The molecule has 1 aromatic rings. The minimum atomic E-state index is -0.298. The van der Waals surface area contributed by atoms with Gasteiger partial charge in [-0.15, -0.1) is 0 Å². The number of imidazole rings is 1. The van der Waals surface area contributed by atoms with Crippen molar-refractivity contribution >= 4 is 11.8 Å². The summed E-state index contributed by atoms with van der Waals surface area (Å²) in [4.78, 5) is 29.2. The van der Waals surface area contributed by atoms with Gasteiger partial charge in [-0.25, -0.2) is 4.98 Å². The molecule has 80 valence electrons. The minimum absolute atomic E-state index is 0.198. The molecule has 1 aromatic heterocycles. The van der Waals surface area contributed by atoms with Crippen LogP contribution in [0.1, 0.15) is 18.7 Å². The number of imide groups is 1. The molecule has 1 saturated heterocycles. The van der Waals surface area contributed by atoms with Crippen LogP contribution in [0.3, 0.4) is 0 Å². The number of hydrogen-bond donors (Lipinski definition) is 3. The molecule has 2 heterocycles. The molecule has 1 aliphatic rings. The fourth-order valence-electron chi connectivity index (χ4n) is 1.50. The van der Waals surface area contributed by atoms with E-state index >= 15 is 0 Å². The van der Waals surface area contributed by atoms with E-state index in [1.54, 1.807) is 12.4 Å². The molecule has 0 saturated carbocycles. The van der Waals surface area contributed by atoms with Crippen LogP contribution in [-0.2, 0) is 16.1 Å². The standard InChI is InChI=1S/C9H12N4O2/c14-8-2-1-6(9(15)13-8)12-5-7-10-3-4-11-7/h3-4,6,12H,1-2,5H2,(H,10,11)(H,13,14,15). The van der Waals surface area contributed by atoms with Gasteiger partial charge in [-0.3, -0.25) is 20.2 Å². The number of piperidine rings is 1. The second-order valence-corrected chi connectivity index (χ2v) is 3.42. The fraction of sp³-hybridized carbons (Fsp3) is 0.444. The molecule has 2 rings (SSSR count). The lowest BCUT2D eigenvalue weighted by Crippen LogP contribution is -2.50. The lowest BCUT2D eigenvalue weighted by atomic mass is 10.1. The third-order valence-corrected chi connectivity index (χ3v) is 2.31. The van der Waals surface area contributed by atoms with Crippen LogP contribution in [0, 0.1) is 0 Å². The molecule has 3 N–H and O–H groups in total. The molecule has 15 heavy (non-hydrogen) atoms. The molecule has 1 aliphatic heterocycles. The van der Waals surface area contributed by atoms with Crippen LogP contribution in [0.5, 0.6) is 0 Å². The summed E-state index contributed by atoms with van der Waals surface area (Å²) in [5.74, 6) is 0.327. The van der Waals surface area contributed by atoms with Crippen molar-refractivity contribution in [3.63, 3.8) is 0 Å². The predicted octanol–water partition coefficient (Wildman–Crippen LogP) is -0.695. The van der Waals surface area contributed by atoms with Gasteiger partial charge in [-0.2, -0.15) is 0 Å². The van der Waals surface area contributed by atoms with Gasteiger partial charge in [-0.1, -0.05) is 0 Å². The molecule has 1 unspecified atom stereocenters. The Morgan fingerprint density at radius 1 is 1.53 bits per heavy atom. The first-order valence-corrected chi connectivity index (χ1v) is 4.81. The molecule has 0 radical (unpaired) electrons. The highest BCUT2D eigenvalue weighted by Gasteiger charge is 2.25. The first kappa shape index (κ1) is 9.85. The topological polar surface area (TPSA) is 86.9 Å². The summed E-state index contributed by atoms with van der Waals surface area (Å²) < 4.78 is 0. The molecular weight excluding hydrogens is 196 g/mol. The summed E-state index contributed by atoms with van der Waals surface area (Å²) in [5, 5.41) is 5.32. The van der Waals surface area contributed by atoms with Gasteiger partial charge in [-0.05, 0) is 6.42 Å². The number of carbonyl (C=O) groups excluding carboxylic acids is 2. The minimum Gasteiger partial charge on any atom is -0.348 e. The zero-order chi connectivity index (χ0) is 10.7. The maximum atomic E-state index is 11.3. The second-order valence-electron chi connectivity index (χ2n) is 3.42. The van der Waals surface area contributed by atoms with E-state index in [0.717, 1.165) is 5.82 Å². The predicted molar refractivity (Wildman–Crippen MR) is 51.6 cm³/mol. The van der Waals surface area contributed by atoms with Crippen molar-refractivity contribution in [2.24, 2.45) is 0 Å². The molecular formula is C9H12N4O2. The van der Waals surface area contributed by atoms with Crippen LogP contribution < -0.4 is 10.6 Å². The Labute approximate surface area is 86.5 Å². The average molecular weight is 208 g/mol. The quantitative estimate of drug-likeness (QED) is 0.573. The Morgan fingerprint density at radius 2 is 2.40 bits per heavy atom. The van der Waals surface area contributed by atoms with Crippen molar-refractivity contribution in [2.75, 3.05) is 0 Å². The number of nitrogens with one attached hydrogen (secondary N) is 3. The second kappa shape index (κ2) is 4.22. The molecule has 0 spiro atoms. The number of nitrogens with zero attached hydrogens (tertiary/aromatic N) is 1. The van der Waals surface area contributed by atoms with Gasteiger partial charge in [0.2, 0.25) is 11.8 Å². The Hall–Kier alpha value is -1.69. The molecule has 1 fully saturated rings. The van der Waals surface area contributed by atoms with Crippen LogP contribution in [0.4, 0.5) is 0 Å². The zero-order valence-electron chi connectivity index (χ0n) is 8.12. The summed E-state index contributed by atoms with van der Waals surface area (Å²) >= 11 is 0. The number of aromatic nitrogens is 2. The van der Waals surface area contributed by atoms with Crippen LogP contribution >= 0.6 is 0 Å². The van der Waals surface area contributed by atoms with Crippen LogP contribution in [0.2, 0.25) is 0 Å². The van der Waals surface area contributed by atoms with E-state index in [1.807, 2.05) is 0 Å². The smallest absolute Gasteiger partial charge is 0.243 e. The number of rotatable bonds is 3. The van der Waals surface area contributed by atoms with Crippen molar-refractivity contribution in [2.45, 2.75) is 25.4 Å². The summed E-state index contributed by atoms with van der Waals surface area (Å²) in [6.45, 7) is 0.499. The fourth-order valence-corrected chi connectivity index (χ4v) is 1.50. The van der Waals surface area contributed by atoms with E-state index < -0.39 is 0 Å². The highest BCUT2D eigenvalue weighted by atomic mass is 16.2. The SMILES string of the molecule is O=C1CCC(NCc2ncc[nH]2)C(=O)N1. The molecule has 2 amide bonds. The number of H-pyrrole nitrogens is 1. The largest absolute Gasteiger partial charge is 0.348 e. The van der Waals surface area contributed by atoms with Gasteiger partial charge in [0.1, 0.15) is 5.82 Å². The normalized spacial score (nSPS) is 21.5. The lowest BCUT2D eigenvalue weighted by molar-refractivity contribution is -0.134. The van der Waals surface area contributed by atoms with Crippen molar-refractivity contribution in [1.82, 2.24) is 20.6 Å². The molecule has 6 nitrogen and oxygen atoms in total. The molecule has 0 aromatic carbocycles. The summed E-state index contributed by atoms with van der Waals surface area (Å²) in [6, 6.07) is -0.298. The monoisotopic (exact) mass is 208 g/mol. The first-order chi connectivity index (χ1) is 7.25. The number of hydrogen-bond acceptors (Lipinski definition) is 4. The number of amides is 2. The van der Waals surface area contributed by atoms with Crippen molar-refractivity contribution in [3.8, 4) is 0 Å². The lowest BCUT2D eigenvalue weighted by Gasteiger charge is -2.21. The van der Waals surface area contributed by atoms with Crippen molar-refractivity contribution in [1.29, 1.82) is 0 Å². The average Bonchev–Trinajstić information content (AvgIpc) is 2.69. The van der Waals surface area contributed by atoms with Gasteiger partial charge in [0.15, 0.2) is 0 Å². The van der Waals surface area contributed by atoms with E-state index in [9.17, 15) is 9.59 Å². The highest BCUT2D eigenvalue weighted by Crippen LogP contribution is 2.04. The Bertz CT molecular complexity index is 360. The first-order valence-electron chi connectivity index (χ1n) is 4.81. The maximum absolute atomic E-state index is 11.3. The Morgan fingerprint density at radius 3 is 3.07 bits per heavy atom. The van der Waals surface area contributed by atoms with Crippen LogP contribution in [-0.4, -0.2) is 27.8 Å². The molecule has 6 heteroatoms. The van der Waals surface area contributed by atoms with Gasteiger partial charge >= 0.3 is 0 Å². The van der Waals surface area contributed by atoms with Gasteiger partial charge in [0.05, 0.1) is 12.6 Å². The van der Waals surface area contributed by atoms with Crippen LogP contribution in [0.15, 0.2) is 12.4 Å². The van der Waals surface area contributed by atoms with Crippen molar-refractivity contribution < 1.29 is 9.59 Å².